The van der Waals surface area contributed by atoms with E-state index in [1.807, 2.05) is 37.3 Å². The van der Waals surface area contributed by atoms with Crippen LogP contribution < -0.4 is 0 Å². The van der Waals surface area contributed by atoms with Crippen LogP contribution in [0.2, 0.25) is 0 Å². The van der Waals surface area contributed by atoms with Crippen molar-refractivity contribution in [1.82, 2.24) is 0 Å². The number of rotatable bonds is 1. The molecular weight excluding hydrogens is 380 g/mol. The summed E-state index contributed by atoms with van der Waals surface area (Å²) in [4.78, 5) is 13.1. The Hall–Kier alpha value is -0.930. The molecule has 2 atom stereocenters. The molecule has 0 N–H and O–H groups in total. The van der Waals surface area contributed by atoms with Crippen LogP contribution in [0.15, 0.2) is 60.2 Å². The van der Waals surface area contributed by atoms with E-state index in [0.717, 1.165) is 28.7 Å². The molecule has 1 aromatic carbocycles. The van der Waals surface area contributed by atoms with E-state index in [0.29, 0.717) is 0 Å². The third kappa shape index (κ3) is 2.89. The van der Waals surface area contributed by atoms with Crippen molar-refractivity contribution in [3.05, 3.63) is 71.3 Å². The first kappa shape index (κ1) is 15.5. The fraction of sp³-hybridized carbons (Fsp3) is 0.235. The second-order valence-electron chi connectivity index (χ2n) is 4.65. The van der Waals surface area contributed by atoms with Gasteiger partial charge in [0.25, 0.3) is 0 Å². The highest BCUT2D eigenvalue weighted by molar-refractivity contribution is 9.10. The van der Waals surface area contributed by atoms with Crippen molar-refractivity contribution in [2.75, 3.05) is 0 Å². The Morgan fingerprint density at radius 3 is 2.60 bits per heavy atom. The van der Waals surface area contributed by atoms with Crippen molar-refractivity contribution < 1.29 is 4.79 Å². The van der Waals surface area contributed by atoms with E-state index < -0.39 is 0 Å². The number of halogens is 2. The molecule has 0 saturated carbocycles. The highest BCUT2D eigenvalue weighted by Crippen LogP contribution is 2.40. The lowest BCUT2D eigenvalue weighted by Crippen LogP contribution is -2.19. The van der Waals surface area contributed by atoms with Gasteiger partial charge in [0.15, 0.2) is 5.78 Å². The largest absolute Gasteiger partial charge is 0.289 e. The molecule has 0 fully saturated rings. The zero-order chi connectivity index (χ0) is 14.7. The van der Waals surface area contributed by atoms with Crippen LogP contribution in [0.4, 0.5) is 0 Å². The van der Waals surface area contributed by atoms with E-state index in [2.05, 4.69) is 38.4 Å². The Balaban J connectivity index is 2.67. The predicted molar refractivity (Wildman–Crippen MR) is 91.8 cm³/mol. The number of carbonyl (C=O) groups excluding carboxylic acids is 1. The SMILES string of the molecule is C=C/C=C1/C(=O)c2ccccc2C(Br)CC(Br)/C1=C/C. The molecule has 2 unspecified atom stereocenters. The third-order valence-corrected chi connectivity index (χ3v) is 5.18. The maximum Gasteiger partial charge on any atom is 0.193 e. The van der Waals surface area contributed by atoms with Crippen molar-refractivity contribution in [1.29, 1.82) is 0 Å². The number of fused-ring (bicyclic) bond motifs is 1. The first-order valence-corrected chi connectivity index (χ1v) is 8.34. The Bertz CT molecular complexity index is 599. The van der Waals surface area contributed by atoms with Crippen molar-refractivity contribution in [3.8, 4) is 0 Å². The molecule has 2 rings (SSSR count). The minimum absolute atomic E-state index is 0.0576. The highest BCUT2D eigenvalue weighted by Gasteiger charge is 2.29. The van der Waals surface area contributed by atoms with Crippen LogP contribution in [0.5, 0.6) is 0 Å². The zero-order valence-corrected chi connectivity index (χ0v) is 14.4. The van der Waals surface area contributed by atoms with Crippen LogP contribution in [0, 0.1) is 0 Å². The average molecular weight is 396 g/mol. The Morgan fingerprint density at radius 1 is 1.25 bits per heavy atom. The van der Waals surface area contributed by atoms with Gasteiger partial charge in [-0.25, -0.2) is 0 Å². The highest BCUT2D eigenvalue weighted by atomic mass is 79.9. The van der Waals surface area contributed by atoms with Crippen LogP contribution in [0.25, 0.3) is 0 Å². The molecule has 0 radical (unpaired) electrons. The summed E-state index contributed by atoms with van der Waals surface area (Å²) < 4.78 is 0. The molecule has 1 aliphatic carbocycles. The number of hydrogen-bond acceptors (Lipinski definition) is 1. The van der Waals surface area contributed by atoms with Crippen LogP contribution in [-0.4, -0.2) is 10.6 Å². The lowest BCUT2D eigenvalue weighted by molar-refractivity contribution is 0.103. The third-order valence-electron chi connectivity index (χ3n) is 3.45. The molecule has 3 heteroatoms. The summed E-state index contributed by atoms with van der Waals surface area (Å²) in [6, 6.07) is 7.78. The Morgan fingerprint density at radius 2 is 1.95 bits per heavy atom. The number of hydrogen-bond donors (Lipinski definition) is 0. The first-order chi connectivity index (χ1) is 9.60. The maximum absolute atomic E-state index is 12.8. The fourth-order valence-electron chi connectivity index (χ4n) is 2.48. The van der Waals surface area contributed by atoms with E-state index in [1.165, 1.54) is 0 Å². The van der Waals surface area contributed by atoms with Crippen molar-refractivity contribution >= 4 is 37.6 Å². The summed E-state index contributed by atoms with van der Waals surface area (Å²) in [5.74, 6) is 0.0576. The molecule has 20 heavy (non-hydrogen) atoms. The number of alkyl halides is 2. The van der Waals surface area contributed by atoms with Gasteiger partial charge < -0.3 is 0 Å². The lowest BCUT2D eigenvalue weighted by atomic mass is 9.85. The predicted octanol–water partition coefficient (Wildman–Crippen LogP) is 5.53. The van der Waals surface area contributed by atoms with Gasteiger partial charge in [0.05, 0.1) is 0 Å². The summed E-state index contributed by atoms with van der Waals surface area (Å²) in [7, 11) is 0. The minimum atomic E-state index is 0.0576. The number of carbonyl (C=O) groups is 1. The van der Waals surface area contributed by atoms with Crippen molar-refractivity contribution in [3.63, 3.8) is 0 Å². The van der Waals surface area contributed by atoms with Crippen LogP contribution in [0.3, 0.4) is 0 Å². The molecule has 1 aliphatic rings. The van der Waals surface area contributed by atoms with Gasteiger partial charge in [-0.3, -0.25) is 4.79 Å². The molecule has 104 valence electrons. The van der Waals surface area contributed by atoms with Gasteiger partial charge in [0.1, 0.15) is 0 Å². The minimum Gasteiger partial charge on any atom is -0.289 e. The second kappa shape index (κ2) is 6.68. The van der Waals surface area contributed by atoms with Gasteiger partial charge in [-0.15, -0.1) is 0 Å². The molecule has 0 aromatic heterocycles. The normalized spacial score (nSPS) is 27.1. The quantitative estimate of drug-likeness (QED) is 0.451. The first-order valence-electron chi connectivity index (χ1n) is 6.51. The molecule has 0 amide bonds. The summed E-state index contributed by atoms with van der Waals surface area (Å²) >= 11 is 7.41. The standard InChI is InChI=1S/C17H16Br2O/c1-3-7-13-11(4-2)15(18)10-16(19)12-8-5-6-9-14(12)17(13)20/h3-9,15-16H,1,10H2,2H3/b11-4+,13-7+. The topological polar surface area (TPSA) is 17.1 Å². The molecule has 0 aliphatic heterocycles. The average Bonchev–Trinajstić information content (AvgIpc) is 2.45. The molecule has 1 nitrogen and oxygen atoms in total. The van der Waals surface area contributed by atoms with Crippen molar-refractivity contribution in [2.24, 2.45) is 0 Å². The number of ketones is 1. The molecule has 0 spiro atoms. The van der Waals surface area contributed by atoms with E-state index >= 15 is 0 Å². The van der Waals surface area contributed by atoms with E-state index in [4.69, 9.17) is 0 Å². The molecule has 0 saturated heterocycles. The number of Topliss-reactive ketones (excluding diaryl/α,β-unsaturated/α-hetero) is 1. The molecular formula is C17H16Br2O. The van der Waals surface area contributed by atoms with E-state index in [9.17, 15) is 4.79 Å². The summed E-state index contributed by atoms with van der Waals surface area (Å²) in [6.45, 7) is 5.69. The molecule has 0 heterocycles. The van der Waals surface area contributed by atoms with Gasteiger partial charge in [0, 0.05) is 20.8 Å². The summed E-state index contributed by atoms with van der Waals surface area (Å²) in [5, 5.41) is 0. The zero-order valence-electron chi connectivity index (χ0n) is 11.3. The monoisotopic (exact) mass is 394 g/mol. The van der Waals surface area contributed by atoms with Crippen LogP contribution in [-0.2, 0) is 0 Å². The molecule has 1 aromatic rings. The smallest absolute Gasteiger partial charge is 0.193 e. The van der Waals surface area contributed by atoms with Crippen LogP contribution in [0.1, 0.15) is 34.1 Å². The van der Waals surface area contributed by atoms with Gasteiger partial charge in [-0.05, 0) is 24.5 Å². The van der Waals surface area contributed by atoms with Gasteiger partial charge in [0.2, 0.25) is 0 Å². The Labute approximate surface area is 136 Å². The number of benzene rings is 1. The Kier molecular flexibility index (Phi) is 5.17. The summed E-state index contributed by atoms with van der Waals surface area (Å²) in [5.41, 5.74) is 3.55. The second-order valence-corrected chi connectivity index (χ2v) is 6.86. The van der Waals surface area contributed by atoms with Gasteiger partial charge in [-0.2, -0.15) is 0 Å². The maximum atomic E-state index is 12.8. The van der Waals surface area contributed by atoms with Crippen molar-refractivity contribution in [2.45, 2.75) is 23.0 Å². The van der Waals surface area contributed by atoms with E-state index in [1.54, 1.807) is 12.2 Å². The molecule has 0 bridgehead atoms. The van der Waals surface area contributed by atoms with Gasteiger partial charge >= 0.3 is 0 Å². The van der Waals surface area contributed by atoms with Crippen LogP contribution >= 0.6 is 31.9 Å². The summed E-state index contributed by atoms with van der Waals surface area (Å²) in [6.07, 6.45) is 6.36. The van der Waals surface area contributed by atoms with Gasteiger partial charge in [-0.1, -0.05) is 80.9 Å². The fourth-order valence-corrected chi connectivity index (χ4v) is 4.64. The van der Waals surface area contributed by atoms with E-state index in [-0.39, 0.29) is 15.4 Å². The lowest BCUT2D eigenvalue weighted by Gasteiger charge is -2.25. The number of allylic oxidation sites excluding steroid dienone is 5.